The van der Waals surface area contributed by atoms with Gasteiger partial charge in [-0.1, -0.05) is 0 Å². The number of halogens is 1. The van der Waals surface area contributed by atoms with Crippen LogP contribution < -0.4 is 0 Å². The van der Waals surface area contributed by atoms with Crippen molar-refractivity contribution in [1.82, 2.24) is 0 Å². The predicted molar refractivity (Wildman–Crippen MR) is 44.6 cm³/mol. The number of rotatable bonds is 4. The molecule has 4 nitrogen and oxygen atoms in total. The molecule has 5 heteroatoms. The number of carbonyl (C=O) groups is 2. The van der Waals surface area contributed by atoms with Gasteiger partial charge in [0.05, 0.1) is 12.5 Å². The van der Waals surface area contributed by atoms with Crippen molar-refractivity contribution in [1.29, 1.82) is 0 Å². The number of esters is 2. The topological polar surface area (TPSA) is 52.6 Å². The Morgan fingerprint density at radius 1 is 1.50 bits per heavy atom. The molecule has 0 radical (unpaired) electrons. The molecule has 0 aromatic rings. The third-order valence-corrected chi connectivity index (χ3v) is 1.66. The maximum atomic E-state index is 12.7. The third-order valence-electron chi connectivity index (χ3n) is 1.66. The molecule has 14 heavy (non-hydrogen) atoms. The van der Waals surface area contributed by atoms with Crippen LogP contribution in [0.15, 0.2) is 12.1 Å². The molecular formula is C9H11FO4. The van der Waals surface area contributed by atoms with E-state index in [1.807, 2.05) is 0 Å². The highest BCUT2D eigenvalue weighted by atomic mass is 19.1. The monoisotopic (exact) mass is 202 g/mol. The molecule has 0 amide bonds. The van der Waals surface area contributed by atoms with Crippen molar-refractivity contribution in [2.45, 2.75) is 19.8 Å². The minimum Gasteiger partial charge on any atom is -0.461 e. The summed E-state index contributed by atoms with van der Waals surface area (Å²) in [6.07, 6.45) is 2.04. The number of hydrogen-bond acceptors (Lipinski definition) is 4. The zero-order chi connectivity index (χ0) is 10.6. The summed E-state index contributed by atoms with van der Waals surface area (Å²) >= 11 is 0. The smallest absolute Gasteiger partial charge is 0.370 e. The van der Waals surface area contributed by atoms with Crippen LogP contribution in [-0.4, -0.2) is 18.5 Å². The normalized spacial score (nSPS) is 16.3. The summed E-state index contributed by atoms with van der Waals surface area (Å²) in [5.41, 5.74) is 0. The lowest BCUT2D eigenvalue weighted by Gasteiger charge is -1.98. The molecule has 0 heterocycles. The summed E-state index contributed by atoms with van der Waals surface area (Å²) < 4.78 is 21.5. The molecule has 0 aromatic heterocycles. The second kappa shape index (κ2) is 4.74. The number of hydrogen-bond donors (Lipinski definition) is 0. The molecule has 0 saturated heterocycles. The van der Waals surface area contributed by atoms with E-state index in [2.05, 4.69) is 9.47 Å². The summed E-state index contributed by atoms with van der Waals surface area (Å²) in [7, 11) is 0. The molecule has 0 unspecified atom stereocenters. The highest BCUT2D eigenvalue weighted by molar-refractivity contribution is 5.86. The van der Waals surface area contributed by atoms with Gasteiger partial charge in [0.15, 0.2) is 0 Å². The van der Waals surface area contributed by atoms with Crippen LogP contribution in [0.5, 0.6) is 0 Å². The largest absolute Gasteiger partial charge is 0.461 e. The molecule has 0 aliphatic heterocycles. The molecule has 78 valence electrons. The van der Waals surface area contributed by atoms with Crippen LogP contribution >= 0.6 is 0 Å². The van der Waals surface area contributed by atoms with Crippen molar-refractivity contribution in [2.75, 3.05) is 6.61 Å². The van der Waals surface area contributed by atoms with Crippen LogP contribution in [0.4, 0.5) is 4.39 Å². The first-order valence-electron chi connectivity index (χ1n) is 4.38. The summed E-state index contributed by atoms with van der Waals surface area (Å²) in [6.45, 7) is 1.64. The lowest BCUT2D eigenvalue weighted by atomic mass is 10.4. The van der Waals surface area contributed by atoms with E-state index in [0.29, 0.717) is 6.26 Å². The Morgan fingerprint density at radius 2 is 2.14 bits per heavy atom. The first-order chi connectivity index (χ1) is 6.65. The molecule has 0 N–H and O–H groups in total. The van der Waals surface area contributed by atoms with Gasteiger partial charge in [-0.05, 0) is 19.8 Å². The maximum absolute atomic E-state index is 12.7. The maximum Gasteiger partial charge on any atom is 0.370 e. The fourth-order valence-corrected chi connectivity index (χ4v) is 0.773. The Labute approximate surface area is 80.7 Å². The van der Waals surface area contributed by atoms with E-state index in [4.69, 9.17) is 0 Å². The fraction of sp³-hybridized carbons (Fsp3) is 0.556. The van der Waals surface area contributed by atoms with Crippen LogP contribution in [0.2, 0.25) is 0 Å². The van der Waals surface area contributed by atoms with Gasteiger partial charge in [-0.15, -0.1) is 0 Å². The van der Waals surface area contributed by atoms with Crippen molar-refractivity contribution in [3.63, 3.8) is 0 Å². The summed E-state index contributed by atoms with van der Waals surface area (Å²) in [5.74, 6) is -2.93. The van der Waals surface area contributed by atoms with E-state index in [1.165, 1.54) is 0 Å². The van der Waals surface area contributed by atoms with Gasteiger partial charge in [0.1, 0.15) is 6.26 Å². The molecule has 0 spiro atoms. The highest BCUT2D eigenvalue weighted by Crippen LogP contribution is 2.30. The standard InChI is InChI=1S/C9H11FO4/c1-2-13-9(12)7(10)5-14-8(11)6-3-4-6/h5-6H,2-4H2,1H3. The van der Waals surface area contributed by atoms with Crippen molar-refractivity contribution < 1.29 is 23.5 Å². The average molecular weight is 202 g/mol. The Hall–Kier alpha value is -1.39. The van der Waals surface area contributed by atoms with Crippen molar-refractivity contribution in [3.8, 4) is 0 Å². The van der Waals surface area contributed by atoms with E-state index in [0.717, 1.165) is 12.8 Å². The van der Waals surface area contributed by atoms with Gasteiger partial charge in [0.2, 0.25) is 5.83 Å². The van der Waals surface area contributed by atoms with E-state index < -0.39 is 17.8 Å². The number of ether oxygens (including phenoxy) is 2. The van der Waals surface area contributed by atoms with E-state index in [9.17, 15) is 14.0 Å². The van der Waals surface area contributed by atoms with Gasteiger partial charge < -0.3 is 9.47 Å². The van der Waals surface area contributed by atoms with Gasteiger partial charge in [-0.3, -0.25) is 4.79 Å². The molecule has 0 bridgehead atoms. The predicted octanol–water partition coefficient (Wildman–Crippen LogP) is 1.31. The van der Waals surface area contributed by atoms with Crippen LogP contribution in [0.1, 0.15) is 19.8 Å². The number of carbonyl (C=O) groups excluding carboxylic acids is 2. The highest BCUT2D eigenvalue weighted by Gasteiger charge is 2.31. The first-order valence-corrected chi connectivity index (χ1v) is 4.38. The summed E-state index contributed by atoms with van der Waals surface area (Å²) in [6, 6.07) is 0. The van der Waals surface area contributed by atoms with Gasteiger partial charge in [-0.2, -0.15) is 4.39 Å². The summed E-state index contributed by atoms with van der Waals surface area (Å²) in [4.78, 5) is 21.6. The average Bonchev–Trinajstić information content (AvgIpc) is 2.97. The van der Waals surface area contributed by atoms with Gasteiger partial charge >= 0.3 is 11.9 Å². The molecule has 1 aliphatic rings. The van der Waals surface area contributed by atoms with E-state index in [1.54, 1.807) is 6.92 Å². The van der Waals surface area contributed by atoms with Gasteiger partial charge in [0, 0.05) is 0 Å². The van der Waals surface area contributed by atoms with Crippen molar-refractivity contribution in [2.24, 2.45) is 5.92 Å². The molecule has 1 saturated carbocycles. The minimum absolute atomic E-state index is 0.0800. The molecule has 0 atom stereocenters. The Balaban J connectivity index is 2.34. The molecule has 0 aromatic carbocycles. The zero-order valence-electron chi connectivity index (χ0n) is 7.79. The minimum atomic E-state index is -1.19. The van der Waals surface area contributed by atoms with Gasteiger partial charge in [0.25, 0.3) is 0 Å². The zero-order valence-corrected chi connectivity index (χ0v) is 7.79. The van der Waals surface area contributed by atoms with Crippen LogP contribution in [0.3, 0.4) is 0 Å². The van der Waals surface area contributed by atoms with Crippen LogP contribution in [-0.2, 0) is 19.1 Å². The molecular weight excluding hydrogens is 191 g/mol. The molecule has 1 aliphatic carbocycles. The SMILES string of the molecule is CCOC(=O)C(F)=COC(=O)C1CC1. The molecule has 1 rings (SSSR count). The Bertz CT molecular complexity index is 268. The van der Waals surface area contributed by atoms with E-state index in [-0.39, 0.29) is 12.5 Å². The summed E-state index contributed by atoms with van der Waals surface area (Å²) in [5, 5.41) is 0. The lowest BCUT2D eigenvalue weighted by Crippen LogP contribution is -2.07. The third kappa shape index (κ3) is 3.16. The molecule has 1 fully saturated rings. The Kier molecular flexibility index (Phi) is 3.62. The second-order valence-corrected chi connectivity index (χ2v) is 2.90. The van der Waals surface area contributed by atoms with Crippen molar-refractivity contribution in [3.05, 3.63) is 12.1 Å². The van der Waals surface area contributed by atoms with Crippen LogP contribution in [0.25, 0.3) is 0 Å². The fourth-order valence-electron chi connectivity index (χ4n) is 0.773. The quantitative estimate of drug-likeness (QED) is 0.392. The lowest BCUT2D eigenvalue weighted by molar-refractivity contribution is -0.141. The van der Waals surface area contributed by atoms with Crippen molar-refractivity contribution >= 4 is 11.9 Å². The Morgan fingerprint density at radius 3 is 2.64 bits per heavy atom. The van der Waals surface area contributed by atoms with E-state index >= 15 is 0 Å². The van der Waals surface area contributed by atoms with Gasteiger partial charge in [-0.25, -0.2) is 4.79 Å². The first kappa shape index (κ1) is 10.7. The van der Waals surface area contributed by atoms with Crippen LogP contribution in [0, 0.1) is 5.92 Å². The second-order valence-electron chi connectivity index (χ2n) is 2.90.